The highest BCUT2D eigenvalue weighted by atomic mass is 15.3. The molecule has 3 rings (SSSR count). The minimum absolute atomic E-state index is 0.536. The molecule has 2 unspecified atom stereocenters. The molecule has 2 aliphatic carbocycles. The first kappa shape index (κ1) is 13.9. The fraction of sp³-hybridized carbons (Fsp3) is 1.00. The van der Waals surface area contributed by atoms with Crippen LogP contribution in [0.15, 0.2) is 0 Å². The van der Waals surface area contributed by atoms with Gasteiger partial charge >= 0.3 is 0 Å². The van der Waals surface area contributed by atoms with Gasteiger partial charge in [0.25, 0.3) is 0 Å². The molecule has 2 atom stereocenters. The highest BCUT2D eigenvalue weighted by Gasteiger charge is 2.42. The van der Waals surface area contributed by atoms with E-state index in [2.05, 4.69) is 17.1 Å². The van der Waals surface area contributed by atoms with Crippen LogP contribution in [0.3, 0.4) is 0 Å². The molecule has 0 aromatic rings. The van der Waals surface area contributed by atoms with Crippen LogP contribution in [0.5, 0.6) is 0 Å². The second kappa shape index (κ2) is 6.13. The fourth-order valence-electron chi connectivity index (χ4n) is 4.88. The molecular formula is C17H32N2. The van der Waals surface area contributed by atoms with Crippen LogP contribution in [-0.4, -0.2) is 36.1 Å². The van der Waals surface area contributed by atoms with E-state index in [9.17, 15) is 0 Å². The first-order valence-corrected chi connectivity index (χ1v) is 8.78. The van der Waals surface area contributed by atoms with Gasteiger partial charge in [-0.2, -0.15) is 0 Å². The van der Waals surface area contributed by atoms with Crippen LogP contribution < -0.4 is 5.32 Å². The number of piperazine rings is 1. The Labute approximate surface area is 119 Å². The summed E-state index contributed by atoms with van der Waals surface area (Å²) in [7, 11) is 0. The quantitative estimate of drug-likeness (QED) is 0.729. The van der Waals surface area contributed by atoms with Crippen molar-refractivity contribution in [1.29, 1.82) is 0 Å². The van der Waals surface area contributed by atoms with Crippen molar-refractivity contribution >= 4 is 0 Å². The summed E-state index contributed by atoms with van der Waals surface area (Å²) >= 11 is 0. The normalized spacial score (nSPS) is 37.1. The van der Waals surface area contributed by atoms with Gasteiger partial charge in [0.2, 0.25) is 0 Å². The molecule has 0 radical (unpaired) electrons. The zero-order chi connectivity index (χ0) is 13.1. The Morgan fingerprint density at radius 3 is 2.63 bits per heavy atom. The van der Waals surface area contributed by atoms with E-state index in [1.165, 1.54) is 83.8 Å². The lowest BCUT2D eigenvalue weighted by Crippen LogP contribution is -2.64. The Hall–Kier alpha value is -0.0800. The van der Waals surface area contributed by atoms with Crippen molar-refractivity contribution in [1.82, 2.24) is 10.2 Å². The minimum atomic E-state index is 0.536. The van der Waals surface area contributed by atoms with Gasteiger partial charge in [-0.15, -0.1) is 0 Å². The summed E-state index contributed by atoms with van der Waals surface area (Å²) in [5.74, 6) is 0.968. The van der Waals surface area contributed by atoms with Gasteiger partial charge < -0.3 is 5.32 Å². The third-order valence-corrected chi connectivity index (χ3v) is 6.04. The first-order chi connectivity index (χ1) is 9.30. The molecule has 0 amide bonds. The van der Waals surface area contributed by atoms with Crippen molar-refractivity contribution in [2.24, 2.45) is 5.92 Å². The Kier molecular flexibility index (Phi) is 4.48. The molecule has 110 valence electrons. The van der Waals surface area contributed by atoms with Crippen molar-refractivity contribution < 1.29 is 0 Å². The molecule has 2 saturated carbocycles. The maximum Gasteiger partial charge on any atom is 0.0337 e. The molecular weight excluding hydrogens is 232 g/mol. The monoisotopic (exact) mass is 264 g/mol. The van der Waals surface area contributed by atoms with Crippen LogP contribution in [-0.2, 0) is 0 Å². The molecule has 19 heavy (non-hydrogen) atoms. The molecule has 0 aromatic heterocycles. The lowest BCUT2D eigenvalue weighted by atomic mass is 9.77. The number of rotatable bonds is 1. The largest absolute Gasteiger partial charge is 0.314 e. The van der Waals surface area contributed by atoms with Crippen molar-refractivity contribution in [3.05, 3.63) is 0 Å². The number of hydrogen-bond donors (Lipinski definition) is 1. The summed E-state index contributed by atoms with van der Waals surface area (Å²) in [6.45, 7) is 6.24. The first-order valence-electron chi connectivity index (χ1n) is 8.78. The summed E-state index contributed by atoms with van der Waals surface area (Å²) in [6.07, 6.45) is 14.6. The van der Waals surface area contributed by atoms with E-state index in [-0.39, 0.29) is 0 Å². The highest BCUT2D eigenvalue weighted by molar-refractivity contribution is 5.00. The summed E-state index contributed by atoms with van der Waals surface area (Å²) < 4.78 is 0. The second-order valence-electron chi connectivity index (χ2n) is 7.42. The Bertz CT molecular complexity index is 275. The summed E-state index contributed by atoms with van der Waals surface area (Å²) in [4.78, 5) is 2.97. The van der Waals surface area contributed by atoms with Crippen molar-refractivity contribution in [2.45, 2.75) is 82.7 Å². The third-order valence-electron chi connectivity index (χ3n) is 6.04. The molecule has 0 bridgehead atoms. The van der Waals surface area contributed by atoms with Crippen molar-refractivity contribution in [2.75, 3.05) is 19.6 Å². The molecule has 2 heteroatoms. The number of nitrogens with zero attached hydrogens (tertiary/aromatic N) is 1. The average molecular weight is 264 g/mol. The highest BCUT2D eigenvalue weighted by Crippen LogP contribution is 2.38. The van der Waals surface area contributed by atoms with E-state index in [0.29, 0.717) is 5.54 Å². The van der Waals surface area contributed by atoms with Crippen molar-refractivity contribution in [3.63, 3.8) is 0 Å². The Morgan fingerprint density at radius 2 is 1.79 bits per heavy atom. The topological polar surface area (TPSA) is 15.3 Å². The van der Waals surface area contributed by atoms with E-state index >= 15 is 0 Å². The van der Waals surface area contributed by atoms with Gasteiger partial charge in [0.1, 0.15) is 0 Å². The summed E-state index contributed by atoms with van der Waals surface area (Å²) in [5, 5.41) is 3.70. The van der Waals surface area contributed by atoms with Gasteiger partial charge in [0.05, 0.1) is 0 Å². The zero-order valence-electron chi connectivity index (χ0n) is 12.8. The lowest BCUT2D eigenvalue weighted by molar-refractivity contribution is -0.0122. The molecule has 0 aromatic carbocycles. The van der Waals surface area contributed by atoms with Crippen LogP contribution in [0.2, 0.25) is 0 Å². The SMILES string of the molecule is CC1CCCC(N2CCNCC23CCCCC3)CC1. The molecule has 1 heterocycles. The van der Waals surface area contributed by atoms with Gasteiger partial charge in [-0.05, 0) is 38.0 Å². The van der Waals surface area contributed by atoms with Gasteiger partial charge in [-0.1, -0.05) is 39.0 Å². The predicted octanol–water partition coefficient (Wildman–Crippen LogP) is 3.56. The Morgan fingerprint density at radius 1 is 0.947 bits per heavy atom. The van der Waals surface area contributed by atoms with E-state index in [0.717, 1.165) is 12.0 Å². The van der Waals surface area contributed by atoms with Crippen LogP contribution >= 0.6 is 0 Å². The molecule has 3 aliphatic rings. The predicted molar refractivity (Wildman–Crippen MR) is 81.4 cm³/mol. The van der Waals surface area contributed by atoms with Crippen LogP contribution in [0.4, 0.5) is 0 Å². The number of hydrogen-bond acceptors (Lipinski definition) is 2. The molecule has 1 spiro atoms. The molecule has 1 aliphatic heterocycles. The maximum absolute atomic E-state index is 3.70. The minimum Gasteiger partial charge on any atom is -0.314 e. The fourth-order valence-corrected chi connectivity index (χ4v) is 4.88. The average Bonchev–Trinajstić information content (AvgIpc) is 2.65. The van der Waals surface area contributed by atoms with Gasteiger partial charge in [0, 0.05) is 31.2 Å². The van der Waals surface area contributed by atoms with E-state index in [1.54, 1.807) is 0 Å². The molecule has 1 N–H and O–H groups in total. The lowest BCUT2D eigenvalue weighted by Gasteiger charge is -2.53. The summed E-state index contributed by atoms with van der Waals surface area (Å²) in [6, 6.07) is 0.894. The van der Waals surface area contributed by atoms with E-state index < -0.39 is 0 Å². The molecule has 1 saturated heterocycles. The molecule has 2 nitrogen and oxygen atoms in total. The maximum atomic E-state index is 3.70. The van der Waals surface area contributed by atoms with Crippen LogP contribution in [0, 0.1) is 5.92 Å². The van der Waals surface area contributed by atoms with Crippen LogP contribution in [0.25, 0.3) is 0 Å². The zero-order valence-corrected chi connectivity index (χ0v) is 12.8. The second-order valence-corrected chi connectivity index (χ2v) is 7.42. The van der Waals surface area contributed by atoms with Crippen molar-refractivity contribution in [3.8, 4) is 0 Å². The van der Waals surface area contributed by atoms with E-state index in [4.69, 9.17) is 0 Å². The van der Waals surface area contributed by atoms with E-state index in [1.807, 2.05) is 0 Å². The molecule has 3 fully saturated rings. The van der Waals surface area contributed by atoms with Gasteiger partial charge in [-0.3, -0.25) is 4.90 Å². The van der Waals surface area contributed by atoms with Gasteiger partial charge in [0.15, 0.2) is 0 Å². The number of nitrogens with one attached hydrogen (secondary N) is 1. The Balaban J connectivity index is 1.72. The smallest absolute Gasteiger partial charge is 0.0337 e. The third kappa shape index (κ3) is 3.00. The van der Waals surface area contributed by atoms with Gasteiger partial charge in [-0.25, -0.2) is 0 Å². The standard InChI is InChI=1S/C17H32N2/c1-15-6-5-7-16(9-8-15)19-13-12-18-14-17(19)10-3-2-4-11-17/h15-16,18H,2-14H2,1H3. The van der Waals surface area contributed by atoms with Crippen LogP contribution in [0.1, 0.15) is 71.1 Å². The summed E-state index contributed by atoms with van der Waals surface area (Å²) in [5.41, 5.74) is 0.536.